The minimum Gasteiger partial charge on any atom is -0.488 e. The molecule has 0 saturated carbocycles. The van der Waals surface area contributed by atoms with Crippen LogP contribution in [0.15, 0.2) is 84.4 Å². The first kappa shape index (κ1) is 21.6. The maximum Gasteiger partial charge on any atom is 0.262 e. The molecule has 1 N–H and O–H groups in total. The van der Waals surface area contributed by atoms with Crippen molar-refractivity contribution in [2.24, 2.45) is 0 Å². The van der Waals surface area contributed by atoms with E-state index in [0.29, 0.717) is 17.9 Å². The number of nitrogens with zero attached hydrogens (tertiary/aromatic N) is 1. The Morgan fingerprint density at radius 3 is 2.43 bits per heavy atom. The number of amides is 1. The van der Waals surface area contributed by atoms with Crippen molar-refractivity contribution in [3.8, 4) is 11.8 Å². The number of para-hydroxylation sites is 1. The Kier molecular flexibility index (Phi) is 7.63. The zero-order valence-electron chi connectivity index (χ0n) is 16.5. The number of halogens is 1. The van der Waals surface area contributed by atoms with Gasteiger partial charge in [0.25, 0.3) is 5.91 Å². The van der Waals surface area contributed by atoms with Crippen molar-refractivity contribution in [2.45, 2.75) is 19.6 Å². The normalized spacial score (nSPS) is 12.0. The molecule has 1 atom stereocenters. The Bertz CT molecular complexity index is 1070. The molecule has 5 heteroatoms. The molecule has 0 unspecified atom stereocenters. The Morgan fingerprint density at radius 2 is 1.73 bits per heavy atom. The molecule has 4 nitrogen and oxygen atoms in total. The summed E-state index contributed by atoms with van der Waals surface area (Å²) < 4.78 is 7.11. The third kappa shape index (κ3) is 5.94. The summed E-state index contributed by atoms with van der Waals surface area (Å²) in [7, 11) is 0. The molecule has 0 aromatic heterocycles. The highest BCUT2D eigenvalue weighted by Gasteiger charge is 2.14. The molecule has 150 valence electrons. The van der Waals surface area contributed by atoms with Gasteiger partial charge in [-0.15, -0.1) is 0 Å². The first-order valence-corrected chi connectivity index (χ1v) is 10.6. The lowest BCUT2D eigenvalue weighted by Crippen LogP contribution is -2.27. The standard InChI is InChI=1S/C25H21IN2O2/c1-18(20-7-3-2-4-8-20)28-25(29)22(16-27)15-21-9-5-6-10-24(21)30-17-19-11-13-23(26)14-12-19/h2-15,18H,17H2,1H3,(H,28,29)/b22-15-/t18-/m0/s1. The molecule has 3 aromatic rings. The summed E-state index contributed by atoms with van der Waals surface area (Å²) in [6.07, 6.45) is 1.57. The Labute approximate surface area is 190 Å². The number of hydrogen-bond donors (Lipinski definition) is 1. The molecular weight excluding hydrogens is 487 g/mol. The van der Waals surface area contributed by atoms with Gasteiger partial charge in [0, 0.05) is 9.13 Å². The zero-order valence-corrected chi connectivity index (χ0v) is 18.7. The predicted molar refractivity (Wildman–Crippen MR) is 127 cm³/mol. The van der Waals surface area contributed by atoms with E-state index in [1.807, 2.05) is 91.9 Å². The number of nitriles is 1. The molecule has 0 heterocycles. The van der Waals surface area contributed by atoms with Crippen LogP contribution in [0.1, 0.15) is 29.7 Å². The van der Waals surface area contributed by atoms with Crippen LogP contribution in [0.5, 0.6) is 5.75 Å². The van der Waals surface area contributed by atoms with Gasteiger partial charge in [0.1, 0.15) is 24.0 Å². The number of carbonyl (C=O) groups excluding carboxylic acids is 1. The summed E-state index contributed by atoms with van der Waals surface area (Å²) in [4.78, 5) is 12.6. The van der Waals surface area contributed by atoms with Crippen molar-refractivity contribution in [1.82, 2.24) is 5.32 Å². The van der Waals surface area contributed by atoms with Crippen molar-refractivity contribution in [3.05, 3.63) is 105 Å². The van der Waals surface area contributed by atoms with Gasteiger partial charge in [0.2, 0.25) is 0 Å². The Balaban J connectivity index is 1.74. The zero-order chi connectivity index (χ0) is 21.3. The first-order chi connectivity index (χ1) is 14.6. The molecule has 3 aromatic carbocycles. The second-order valence-electron chi connectivity index (χ2n) is 6.73. The molecule has 1 amide bonds. The van der Waals surface area contributed by atoms with Crippen molar-refractivity contribution >= 4 is 34.6 Å². The summed E-state index contributed by atoms with van der Waals surface area (Å²) in [5.41, 5.74) is 2.73. The molecule has 0 fully saturated rings. The van der Waals surface area contributed by atoms with E-state index in [2.05, 4.69) is 27.9 Å². The highest BCUT2D eigenvalue weighted by atomic mass is 127. The second-order valence-corrected chi connectivity index (χ2v) is 7.97. The van der Waals surface area contributed by atoms with Gasteiger partial charge in [-0.2, -0.15) is 5.26 Å². The molecule has 0 spiro atoms. The van der Waals surface area contributed by atoms with Crippen molar-refractivity contribution in [1.29, 1.82) is 5.26 Å². The largest absolute Gasteiger partial charge is 0.488 e. The van der Waals surface area contributed by atoms with Gasteiger partial charge in [-0.1, -0.05) is 60.7 Å². The monoisotopic (exact) mass is 508 g/mol. The number of benzene rings is 3. The number of rotatable bonds is 7. The van der Waals surface area contributed by atoms with Crippen molar-refractivity contribution in [2.75, 3.05) is 0 Å². The van der Waals surface area contributed by atoms with Gasteiger partial charge in [0.15, 0.2) is 0 Å². The minimum atomic E-state index is -0.415. The lowest BCUT2D eigenvalue weighted by Gasteiger charge is -2.14. The van der Waals surface area contributed by atoms with Crippen LogP contribution in [0, 0.1) is 14.9 Å². The van der Waals surface area contributed by atoms with E-state index in [-0.39, 0.29) is 11.6 Å². The molecule has 0 aliphatic rings. The predicted octanol–water partition coefficient (Wildman–Crippen LogP) is 5.65. The number of carbonyl (C=O) groups is 1. The fourth-order valence-electron chi connectivity index (χ4n) is 2.88. The van der Waals surface area contributed by atoms with E-state index >= 15 is 0 Å². The smallest absolute Gasteiger partial charge is 0.262 e. The van der Waals surface area contributed by atoms with Gasteiger partial charge in [-0.25, -0.2) is 0 Å². The van der Waals surface area contributed by atoms with Crippen LogP contribution in [0.3, 0.4) is 0 Å². The first-order valence-electron chi connectivity index (χ1n) is 9.50. The molecule has 0 aliphatic heterocycles. The molecule has 0 aliphatic carbocycles. The fourth-order valence-corrected chi connectivity index (χ4v) is 3.24. The minimum absolute atomic E-state index is 0.0306. The maximum atomic E-state index is 12.6. The molecule has 0 radical (unpaired) electrons. The van der Waals surface area contributed by atoms with Gasteiger partial charge >= 0.3 is 0 Å². The summed E-state index contributed by atoms with van der Waals surface area (Å²) in [5, 5.41) is 12.4. The van der Waals surface area contributed by atoms with E-state index in [0.717, 1.165) is 14.7 Å². The van der Waals surface area contributed by atoms with Crippen LogP contribution in [-0.4, -0.2) is 5.91 Å². The van der Waals surface area contributed by atoms with Crippen molar-refractivity contribution in [3.63, 3.8) is 0 Å². The molecule has 3 rings (SSSR count). The topological polar surface area (TPSA) is 62.1 Å². The molecular formula is C25H21IN2O2. The van der Waals surface area contributed by atoms with E-state index in [9.17, 15) is 10.1 Å². The van der Waals surface area contributed by atoms with Gasteiger partial charge < -0.3 is 10.1 Å². The van der Waals surface area contributed by atoms with Crippen LogP contribution in [-0.2, 0) is 11.4 Å². The summed E-state index contributed by atoms with van der Waals surface area (Å²) in [5.74, 6) is 0.203. The number of nitrogens with one attached hydrogen (secondary N) is 1. The summed E-state index contributed by atoms with van der Waals surface area (Å²) in [6, 6.07) is 26.9. The van der Waals surface area contributed by atoms with E-state index in [1.165, 1.54) is 0 Å². The maximum absolute atomic E-state index is 12.6. The number of hydrogen-bond acceptors (Lipinski definition) is 3. The molecule has 30 heavy (non-hydrogen) atoms. The van der Waals surface area contributed by atoms with Crippen LogP contribution >= 0.6 is 22.6 Å². The lowest BCUT2D eigenvalue weighted by atomic mass is 10.1. The lowest BCUT2D eigenvalue weighted by molar-refractivity contribution is -0.117. The van der Waals surface area contributed by atoms with Crippen LogP contribution in [0.25, 0.3) is 6.08 Å². The van der Waals surface area contributed by atoms with Crippen LogP contribution in [0.4, 0.5) is 0 Å². The Hall–Kier alpha value is -3.11. The van der Waals surface area contributed by atoms with Gasteiger partial charge in [0.05, 0.1) is 6.04 Å². The van der Waals surface area contributed by atoms with Crippen LogP contribution < -0.4 is 10.1 Å². The Morgan fingerprint density at radius 1 is 1.07 bits per heavy atom. The van der Waals surface area contributed by atoms with E-state index in [4.69, 9.17) is 4.74 Å². The quantitative estimate of drug-likeness (QED) is 0.255. The highest BCUT2D eigenvalue weighted by Crippen LogP contribution is 2.23. The summed E-state index contributed by atoms with van der Waals surface area (Å²) in [6.45, 7) is 2.29. The molecule has 0 saturated heterocycles. The van der Waals surface area contributed by atoms with Gasteiger partial charge in [-0.3, -0.25) is 4.79 Å². The van der Waals surface area contributed by atoms with Crippen molar-refractivity contribution < 1.29 is 9.53 Å². The van der Waals surface area contributed by atoms with E-state index in [1.54, 1.807) is 6.08 Å². The summed E-state index contributed by atoms with van der Waals surface area (Å²) >= 11 is 2.26. The van der Waals surface area contributed by atoms with Gasteiger partial charge in [-0.05, 0) is 64.9 Å². The highest BCUT2D eigenvalue weighted by molar-refractivity contribution is 14.1. The second kappa shape index (κ2) is 10.6. The molecule has 0 bridgehead atoms. The van der Waals surface area contributed by atoms with E-state index < -0.39 is 5.91 Å². The average molecular weight is 508 g/mol. The SMILES string of the molecule is C[C@H](NC(=O)/C(C#N)=C\c1ccccc1OCc1ccc(I)cc1)c1ccccc1. The van der Waals surface area contributed by atoms with Crippen LogP contribution in [0.2, 0.25) is 0 Å². The average Bonchev–Trinajstić information content (AvgIpc) is 2.78. The third-order valence-corrected chi connectivity index (χ3v) is 5.26. The fraction of sp³-hybridized carbons (Fsp3) is 0.120. The third-order valence-electron chi connectivity index (χ3n) is 4.54. The number of ether oxygens (including phenoxy) is 1.